The Morgan fingerprint density at radius 2 is 1.19 bits per heavy atom. The number of nitrogens with zero attached hydrogens (tertiary/aromatic N) is 3. The molecular weight excluding hydrogens is 563 g/mol. The van der Waals surface area contributed by atoms with Gasteiger partial charge in [0, 0.05) is 48.4 Å². The molecule has 0 atom stereocenters. The second-order valence-corrected chi connectivity index (χ2v) is 7.30. The van der Waals surface area contributed by atoms with Crippen molar-refractivity contribution in [1.82, 2.24) is 24.9 Å². The van der Waals surface area contributed by atoms with Gasteiger partial charge in [0.25, 0.3) is 0 Å². The summed E-state index contributed by atoms with van der Waals surface area (Å²) in [6.07, 6.45) is 9.90. The second kappa shape index (κ2) is 7.91. The average molecular weight is 580 g/mol. The first-order chi connectivity index (χ1) is 14.8. The van der Waals surface area contributed by atoms with Crippen LogP contribution in [0.4, 0.5) is 0 Å². The standard InChI is InChI=1S/C25H17N5.Ir/c1-2-10-26-24(3-1)23-14-22-13-20-7-6-18(28-20)11-16-4-5-17(27-16)12-19-8-9-21(29-19)15-25(23)30-22;/h1-15,27,30H;. The summed E-state index contributed by atoms with van der Waals surface area (Å²) in [6.45, 7) is 0. The van der Waals surface area contributed by atoms with E-state index in [2.05, 4.69) is 27.1 Å². The SMILES string of the molecule is C1=Cc2cc3cc(-c4ccccn4)c(cc4nc(cc5ccc(cc1n2)[nH]5)C=C4)[nH]3.[Ir]. The third-order valence-electron chi connectivity index (χ3n) is 5.11. The van der Waals surface area contributed by atoms with Gasteiger partial charge in [-0.15, -0.1) is 0 Å². The number of H-pyrrole nitrogens is 2. The Hall–Kier alpha value is -3.60. The van der Waals surface area contributed by atoms with Crippen molar-refractivity contribution in [2.45, 2.75) is 0 Å². The first kappa shape index (κ1) is 19.4. The molecule has 5 nitrogen and oxygen atoms in total. The maximum absolute atomic E-state index is 4.75. The molecular formula is C25H17IrN5. The molecule has 0 saturated heterocycles. The first-order valence-electron chi connectivity index (χ1n) is 9.78. The topological polar surface area (TPSA) is 70.2 Å². The van der Waals surface area contributed by atoms with Crippen LogP contribution in [0.1, 0.15) is 22.8 Å². The Labute approximate surface area is 192 Å². The van der Waals surface area contributed by atoms with Gasteiger partial charge in [0.05, 0.1) is 34.0 Å². The Morgan fingerprint density at radius 1 is 0.581 bits per heavy atom. The quantitative estimate of drug-likeness (QED) is 0.262. The van der Waals surface area contributed by atoms with E-state index in [4.69, 9.17) is 9.97 Å². The molecule has 0 spiro atoms. The van der Waals surface area contributed by atoms with Gasteiger partial charge in [0.1, 0.15) is 0 Å². The van der Waals surface area contributed by atoms with Crippen molar-refractivity contribution < 1.29 is 20.1 Å². The van der Waals surface area contributed by atoms with Crippen LogP contribution < -0.4 is 0 Å². The smallest absolute Gasteiger partial charge is 0.0723 e. The summed E-state index contributed by atoms with van der Waals surface area (Å²) < 4.78 is 0. The van der Waals surface area contributed by atoms with Crippen molar-refractivity contribution in [2.75, 3.05) is 0 Å². The molecule has 1 radical (unpaired) electrons. The van der Waals surface area contributed by atoms with E-state index in [9.17, 15) is 0 Å². The fraction of sp³-hybridized carbons (Fsp3) is 0. The van der Waals surface area contributed by atoms with Gasteiger partial charge in [-0.3, -0.25) is 4.98 Å². The molecule has 6 heterocycles. The first-order valence-corrected chi connectivity index (χ1v) is 9.78. The fourth-order valence-corrected chi connectivity index (χ4v) is 3.75. The Morgan fingerprint density at radius 3 is 1.81 bits per heavy atom. The number of aromatic amines is 2. The molecule has 0 saturated carbocycles. The zero-order chi connectivity index (χ0) is 19.9. The van der Waals surface area contributed by atoms with Gasteiger partial charge in [-0.1, -0.05) is 6.07 Å². The molecule has 151 valence electrons. The van der Waals surface area contributed by atoms with Gasteiger partial charge < -0.3 is 9.97 Å². The number of hydrogen-bond donors (Lipinski definition) is 2. The maximum atomic E-state index is 4.75. The van der Waals surface area contributed by atoms with E-state index >= 15 is 0 Å². The third kappa shape index (κ3) is 3.91. The molecule has 4 aromatic rings. The minimum atomic E-state index is 0. The van der Waals surface area contributed by atoms with Crippen LogP contribution in [0.3, 0.4) is 0 Å². The summed E-state index contributed by atoms with van der Waals surface area (Å²) in [4.78, 5) is 20.9. The van der Waals surface area contributed by atoms with E-state index < -0.39 is 0 Å². The van der Waals surface area contributed by atoms with Crippen LogP contribution in [0.5, 0.6) is 0 Å². The number of fused-ring (bicyclic) bond motifs is 8. The molecule has 6 rings (SSSR count). The Balaban J connectivity index is 0.00000204. The van der Waals surface area contributed by atoms with Gasteiger partial charge in [0.15, 0.2) is 0 Å². The van der Waals surface area contributed by atoms with E-state index in [1.807, 2.05) is 79.0 Å². The summed E-state index contributed by atoms with van der Waals surface area (Å²) in [6, 6.07) is 20.3. The molecule has 6 heteroatoms. The molecule has 0 aromatic carbocycles. The Kier molecular flexibility index (Phi) is 4.94. The molecule has 0 fully saturated rings. The molecule has 2 aliphatic heterocycles. The van der Waals surface area contributed by atoms with E-state index in [0.29, 0.717) is 0 Å². The van der Waals surface area contributed by atoms with Crippen LogP contribution in [0.2, 0.25) is 0 Å². The van der Waals surface area contributed by atoms with Gasteiger partial charge >= 0.3 is 0 Å². The van der Waals surface area contributed by atoms with Crippen LogP contribution in [0.25, 0.3) is 57.6 Å². The number of rotatable bonds is 1. The zero-order valence-electron chi connectivity index (χ0n) is 16.3. The normalized spacial score (nSPS) is 12.0. The van der Waals surface area contributed by atoms with Crippen molar-refractivity contribution >= 4 is 46.4 Å². The summed E-state index contributed by atoms with van der Waals surface area (Å²) in [5.41, 5.74) is 9.53. The number of aromatic nitrogens is 5. The van der Waals surface area contributed by atoms with Gasteiger partial charge in [-0.05, 0) is 78.9 Å². The minimum absolute atomic E-state index is 0. The zero-order valence-corrected chi connectivity index (χ0v) is 18.7. The van der Waals surface area contributed by atoms with Crippen LogP contribution in [0.15, 0.2) is 66.9 Å². The minimum Gasteiger partial charge on any atom is -0.355 e. The molecule has 8 bridgehead atoms. The number of nitrogens with one attached hydrogen (secondary N) is 2. The van der Waals surface area contributed by atoms with E-state index in [1.165, 1.54) is 0 Å². The molecule has 0 amide bonds. The molecule has 2 N–H and O–H groups in total. The molecule has 31 heavy (non-hydrogen) atoms. The molecule has 0 unspecified atom stereocenters. The van der Waals surface area contributed by atoms with E-state index in [1.54, 1.807) is 0 Å². The Bertz CT molecular complexity index is 1490. The summed E-state index contributed by atoms with van der Waals surface area (Å²) in [5, 5.41) is 0. The fourth-order valence-electron chi connectivity index (χ4n) is 3.75. The van der Waals surface area contributed by atoms with Crippen molar-refractivity contribution in [3.8, 4) is 11.3 Å². The van der Waals surface area contributed by atoms with Crippen molar-refractivity contribution in [2.24, 2.45) is 0 Å². The molecule has 4 aromatic heterocycles. The van der Waals surface area contributed by atoms with Crippen LogP contribution >= 0.6 is 0 Å². The van der Waals surface area contributed by atoms with Crippen LogP contribution in [0, 0.1) is 0 Å². The van der Waals surface area contributed by atoms with Gasteiger partial charge in [-0.2, -0.15) is 0 Å². The monoisotopic (exact) mass is 580 g/mol. The van der Waals surface area contributed by atoms with Crippen molar-refractivity contribution in [3.63, 3.8) is 0 Å². The molecule has 0 aliphatic carbocycles. The third-order valence-corrected chi connectivity index (χ3v) is 5.11. The van der Waals surface area contributed by atoms with Crippen LogP contribution in [-0.2, 0) is 20.1 Å². The van der Waals surface area contributed by atoms with E-state index in [-0.39, 0.29) is 20.1 Å². The van der Waals surface area contributed by atoms with Gasteiger partial charge in [0.2, 0.25) is 0 Å². The van der Waals surface area contributed by atoms with Gasteiger partial charge in [-0.25, -0.2) is 9.97 Å². The second-order valence-electron chi connectivity index (χ2n) is 7.30. The molecule has 2 aliphatic rings. The predicted molar refractivity (Wildman–Crippen MR) is 122 cm³/mol. The summed E-state index contributed by atoms with van der Waals surface area (Å²) >= 11 is 0. The maximum Gasteiger partial charge on any atom is 0.0723 e. The average Bonchev–Trinajstić information content (AvgIpc) is 3.53. The van der Waals surface area contributed by atoms with E-state index in [0.717, 1.165) is 56.1 Å². The van der Waals surface area contributed by atoms with Crippen molar-refractivity contribution in [3.05, 3.63) is 89.6 Å². The van der Waals surface area contributed by atoms with Crippen molar-refractivity contribution in [1.29, 1.82) is 0 Å². The summed E-state index contributed by atoms with van der Waals surface area (Å²) in [5.74, 6) is 0. The number of pyridine rings is 1. The largest absolute Gasteiger partial charge is 0.355 e. The summed E-state index contributed by atoms with van der Waals surface area (Å²) in [7, 11) is 0. The predicted octanol–water partition coefficient (Wildman–Crippen LogP) is 5.72. The number of hydrogen-bond acceptors (Lipinski definition) is 3. The van der Waals surface area contributed by atoms with Crippen LogP contribution in [-0.4, -0.2) is 24.9 Å².